The molecule has 2 aromatic rings. The molecule has 0 unspecified atom stereocenters. The third-order valence-electron chi connectivity index (χ3n) is 5.86. The second kappa shape index (κ2) is 9.30. The third-order valence-corrected chi connectivity index (χ3v) is 5.86. The number of nitrogens with zero attached hydrogens (tertiary/aromatic N) is 3. The van der Waals surface area contributed by atoms with E-state index in [0.29, 0.717) is 55.8 Å². The topological polar surface area (TPSA) is 112 Å². The molecule has 2 aliphatic heterocycles. The van der Waals surface area contributed by atoms with Gasteiger partial charge < -0.3 is 9.57 Å². The monoisotopic (exact) mass is 448 g/mol. The van der Waals surface area contributed by atoms with E-state index in [0.717, 1.165) is 5.56 Å². The van der Waals surface area contributed by atoms with Crippen LogP contribution in [0.5, 0.6) is 0 Å². The van der Waals surface area contributed by atoms with Crippen molar-refractivity contribution in [2.75, 3.05) is 25.0 Å². The summed E-state index contributed by atoms with van der Waals surface area (Å²) in [5.74, 6) is -0.0901. The van der Waals surface area contributed by atoms with Gasteiger partial charge in [-0.25, -0.2) is 9.59 Å². The molecule has 2 amide bonds. The van der Waals surface area contributed by atoms with E-state index < -0.39 is 11.7 Å². The fourth-order valence-electron chi connectivity index (χ4n) is 4.04. The van der Waals surface area contributed by atoms with Gasteiger partial charge in [0.2, 0.25) is 0 Å². The number of hydroxylamine groups is 2. The van der Waals surface area contributed by atoms with Crippen molar-refractivity contribution in [3.05, 3.63) is 65.2 Å². The first-order valence-corrected chi connectivity index (χ1v) is 10.7. The molecular weight excluding hydrogens is 424 g/mol. The van der Waals surface area contributed by atoms with Gasteiger partial charge in [0.15, 0.2) is 5.78 Å². The van der Waals surface area contributed by atoms with E-state index in [1.807, 2.05) is 12.1 Å². The number of hydrogen-bond acceptors (Lipinski definition) is 7. The van der Waals surface area contributed by atoms with Crippen molar-refractivity contribution < 1.29 is 24.0 Å². The zero-order valence-electron chi connectivity index (χ0n) is 18.2. The summed E-state index contributed by atoms with van der Waals surface area (Å²) >= 11 is 0. The minimum atomic E-state index is -0.641. The average Bonchev–Trinajstić information content (AvgIpc) is 3.10. The molecule has 0 radical (unpaired) electrons. The van der Waals surface area contributed by atoms with Crippen molar-refractivity contribution in [1.29, 1.82) is 5.26 Å². The molecule has 0 saturated carbocycles. The first-order chi connectivity index (χ1) is 15.9. The minimum absolute atomic E-state index is 0.0901. The molecule has 2 heterocycles. The van der Waals surface area contributed by atoms with Crippen LogP contribution < -0.4 is 5.32 Å². The number of ketones is 1. The lowest BCUT2D eigenvalue weighted by molar-refractivity contribution is -0.138. The lowest BCUT2D eigenvalue weighted by atomic mass is 9.92. The zero-order valence-corrected chi connectivity index (χ0v) is 18.2. The van der Waals surface area contributed by atoms with E-state index in [-0.39, 0.29) is 11.9 Å². The van der Waals surface area contributed by atoms with Crippen LogP contribution in [0.1, 0.15) is 41.3 Å². The van der Waals surface area contributed by atoms with Crippen LogP contribution in [0.3, 0.4) is 0 Å². The van der Waals surface area contributed by atoms with Gasteiger partial charge in [0, 0.05) is 43.7 Å². The van der Waals surface area contributed by atoms with Gasteiger partial charge in [0.25, 0.3) is 0 Å². The summed E-state index contributed by atoms with van der Waals surface area (Å²) in [5.41, 5.74) is 1.87. The molecule has 0 aromatic heterocycles. The molecule has 2 aliphatic rings. The summed E-state index contributed by atoms with van der Waals surface area (Å²) < 4.78 is 5.72. The molecule has 9 heteroatoms. The lowest BCUT2D eigenvalue weighted by Gasteiger charge is -2.36. The van der Waals surface area contributed by atoms with Crippen LogP contribution >= 0.6 is 0 Å². The predicted molar refractivity (Wildman–Crippen MR) is 118 cm³/mol. The highest BCUT2D eigenvalue weighted by Gasteiger charge is 2.47. The van der Waals surface area contributed by atoms with Gasteiger partial charge in [-0.2, -0.15) is 5.26 Å². The Balaban J connectivity index is 1.28. The summed E-state index contributed by atoms with van der Waals surface area (Å²) in [6, 6.07) is 15.8. The number of rotatable bonds is 5. The zero-order chi connectivity index (χ0) is 23.4. The maximum atomic E-state index is 12.4. The number of nitriles is 1. The Labute approximate surface area is 191 Å². The molecule has 1 N–H and O–H groups in total. The number of carbonyl (C=O) groups is 3. The molecule has 33 heavy (non-hydrogen) atoms. The van der Waals surface area contributed by atoms with Crippen LogP contribution in [-0.2, 0) is 16.1 Å². The maximum absolute atomic E-state index is 12.4. The van der Waals surface area contributed by atoms with Gasteiger partial charge in [0.05, 0.1) is 18.2 Å². The lowest BCUT2D eigenvalue weighted by Crippen LogP contribution is -2.47. The molecule has 2 fully saturated rings. The van der Waals surface area contributed by atoms with E-state index in [1.165, 1.54) is 6.92 Å². The molecule has 2 aromatic carbocycles. The van der Waals surface area contributed by atoms with Crippen LogP contribution in [0.25, 0.3) is 0 Å². The average molecular weight is 448 g/mol. The molecule has 1 spiro atoms. The second-order valence-electron chi connectivity index (χ2n) is 8.29. The van der Waals surface area contributed by atoms with Crippen molar-refractivity contribution in [2.24, 2.45) is 0 Å². The third kappa shape index (κ3) is 5.30. The van der Waals surface area contributed by atoms with E-state index >= 15 is 0 Å². The van der Waals surface area contributed by atoms with Gasteiger partial charge in [-0.3, -0.25) is 15.0 Å². The quantitative estimate of drug-likeness (QED) is 0.694. The van der Waals surface area contributed by atoms with Crippen molar-refractivity contribution in [3.8, 4) is 6.07 Å². The SMILES string of the molecule is CC(=O)c1cccc(NC(=O)ON2CCC3(CC2)CN(Cc2ccc(C#N)cc2)C(=O)O3)c1. The van der Waals surface area contributed by atoms with E-state index in [2.05, 4.69) is 11.4 Å². The standard InChI is InChI=1S/C24H24N4O5/c1-17(29)20-3-2-4-21(13-20)26-22(30)33-28-11-9-24(10-12-28)16-27(23(31)32-24)15-19-7-5-18(14-25)6-8-19/h2-8,13H,9-12,15-16H2,1H3,(H,26,30). The van der Waals surface area contributed by atoms with Crippen LogP contribution in [0.15, 0.2) is 48.5 Å². The molecular formula is C24H24N4O5. The van der Waals surface area contributed by atoms with Crippen LogP contribution in [-0.4, -0.2) is 53.2 Å². The van der Waals surface area contributed by atoms with Gasteiger partial charge >= 0.3 is 12.2 Å². The van der Waals surface area contributed by atoms with Gasteiger partial charge in [-0.1, -0.05) is 24.3 Å². The number of hydrogen-bond donors (Lipinski definition) is 1. The number of benzene rings is 2. The fraction of sp³-hybridized carbons (Fsp3) is 0.333. The smallest absolute Gasteiger partial charge is 0.430 e. The summed E-state index contributed by atoms with van der Waals surface area (Å²) in [6.45, 7) is 3.19. The number of Topliss-reactive ketones (excluding diaryl/α,β-unsaturated/α-hetero) is 1. The normalized spacial score (nSPS) is 17.3. The number of carbonyl (C=O) groups excluding carboxylic acids is 3. The van der Waals surface area contributed by atoms with Crippen LogP contribution in [0.2, 0.25) is 0 Å². The van der Waals surface area contributed by atoms with Crippen LogP contribution in [0, 0.1) is 11.3 Å². The highest BCUT2D eigenvalue weighted by Crippen LogP contribution is 2.34. The van der Waals surface area contributed by atoms with E-state index in [4.69, 9.17) is 14.8 Å². The Bertz CT molecular complexity index is 1100. The summed E-state index contributed by atoms with van der Waals surface area (Å²) in [7, 11) is 0. The Kier molecular flexibility index (Phi) is 6.29. The molecule has 0 bridgehead atoms. The molecule has 0 atom stereocenters. The second-order valence-corrected chi connectivity index (χ2v) is 8.29. The van der Waals surface area contributed by atoms with Crippen molar-refractivity contribution in [1.82, 2.24) is 9.96 Å². The van der Waals surface area contributed by atoms with E-state index in [1.54, 1.807) is 46.4 Å². The first kappa shape index (κ1) is 22.3. The largest absolute Gasteiger partial charge is 0.441 e. The summed E-state index contributed by atoms with van der Waals surface area (Å²) in [5, 5.41) is 13.1. The number of anilines is 1. The summed E-state index contributed by atoms with van der Waals surface area (Å²) in [6.07, 6.45) is 0.0696. The number of nitrogens with one attached hydrogen (secondary N) is 1. The molecule has 4 rings (SSSR count). The molecule has 0 aliphatic carbocycles. The molecule has 2 saturated heterocycles. The van der Waals surface area contributed by atoms with Crippen LogP contribution in [0.4, 0.5) is 15.3 Å². The highest BCUT2D eigenvalue weighted by molar-refractivity contribution is 5.96. The number of piperidine rings is 1. The Hall–Kier alpha value is -3.90. The van der Waals surface area contributed by atoms with Gasteiger partial charge in [0.1, 0.15) is 5.60 Å². The van der Waals surface area contributed by atoms with E-state index in [9.17, 15) is 14.4 Å². The maximum Gasteiger partial charge on any atom is 0.430 e. The Morgan fingerprint density at radius 2 is 1.91 bits per heavy atom. The Morgan fingerprint density at radius 1 is 1.18 bits per heavy atom. The minimum Gasteiger partial charge on any atom is -0.441 e. The van der Waals surface area contributed by atoms with Crippen molar-refractivity contribution in [2.45, 2.75) is 31.9 Å². The van der Waals surface area contributed by atoms with Crippen molar-refractivity contribution >= 4 is 23.7 Å². The molecule has 170 valence electrons. The number of ether oxygens (including phenoxy) is 1. The Morgan fingerprint density at radius 3 is 2.58 bits per heavy atom. The predicted octanol–water partition coefficient (Wildman–Crippen LogP) is 3.71. The molecule has 9 nitrogen and oxygen atoms in total. The fourth-order valence-corrected chi connectivity index (χ4v) is 4.04. The number of amides is 2. The first-order valence-electron chi connectivity index (χ1n) is 10.7. The van der Waals surface area contributed by atoms with Gasteiger partial charge in [-0.05, 0) is 36.8 Å². The highest BCUT2D eigenvalue weighted by atomic mass is 16.7. The summed E-state index contributed by atoms with van der Waals surface area (Å²) in [4.78, 5) is 43.2. The van der Waals surface area contributed by atoms with Crippen molar-refractivity contribution in [3.63, 3.8) is 0 Å². The van der Waals surface area contributed by atoms with Gasteiger partial charge in [-0.15, -0.1) is 5.06 Å².